The Balaban J connectivity index is 1.60. The Morgan fingerprint density at radius 2 is 1.77 bits per heavy atom. The van der Waals surface area contributed by atoms with Crippen molar-refractivity contribution < 1.29 is 14.0 Å². The van der Waals surface area contributed by atoms with E-state index < -0.39 is 5.82 Å². The summed E-state index contributed by atoms with van der Waals surface area (Å²) in [6, 6.07) is 5.71. The van der Waals surface area contributed by atoms with Crippen LogP contribution in [-0.2, 0) is 4.79 Å². The van der Waals surface area contributed by atoms with Crippen LogP contribution in [0.5, 0.6) is 0 Å². The van der Waals surface area contributed by atoms with Gasteiger partial charge in [0.25, 0.3) is 5.91 Å². The van der Waals surface area contributed by atoms with Crippen LogP contribution in [0.25, 0.3) is 0 Å². The molecule has 1 saturated heterocycles. The third kappa shape index (κ3) is 4.14. The first kappa shape index (κ1) is 18.6. The Labute approximate surface area is 160 Å². The van der Waals surface area contributed by atoms with Crippen molar-refractivity contribution >= 4 is 40.7 Å². The van der Waals surface area contributed by atoms with Gasteiger partial charge in [-0.25, -0.2) is 4.39 Å². The fourth-order valence-electron chi connectivity index (χ4n) is 2.88. The maximum Gasteiger partial charge on any atom is 0.255 e. The first-order valence-corrected chi connectivity index (χ1v) is 8.86. The predicted octanol–water partition coefficient (Wildman–Crippen LogP) is 4.02. The molecule has 0 spiro atoms. The van der Waals surface area contributed by atoms with E-state index in [4.69, 9.17) is 23.2 Å². The van der Waals surface area contributed by atoms with Crippen molar-refractivity contribution in [3.05, 3.63) is 58.1 Å². The lowest BCUT2D eigenvalue weighted by Crippen LogP contribution is -2.41. The molecular weight excluding hydrogens is 380 g/mol. The van der Waals surface area contributed by atoms with Crippen molar-refractivity contribution in [3.63, 3.8) is 0 Å². The smallest absolute Gasteiger partial charge is 0.255 e. The molecule has 5 nitrogen and oxygen atoms in total. The molecular formula is C18H16Cl2FN3O2. The number of rotatable bonds is 3. The lowest BCUT2D eigenvalue weighted by Gasteiger charge is -2.31. The molecule has 0 aliphatic carbocycles. The minimum atomic E-state index is -0.689. The highest BCUT2D eigenvalue weighted by Gasteiger charge is 2.29. The monoisotopic (exact) mass is 395 g/mol. The summed E-state index contributed by atoms with van der Waals surface area (Å²) in [6.07, 6.45) is 4.25. The second kappa shape index (κ2) is 8.01. The van der Waals surface area contributed by atoms with E-state index >= 15 is 0 Å². The fraction of sp³-hybridized carbons (Fsp3) is 0.278. The van der Waals surface area contributed by atoms with Gasteiger partial charge >= 0.3 is 0 Å². The van der Waals surface area contributed by atoms with Crippen LogP contribution in [0.2, 0.25) is 10.0 Å². The van der Waals surface area contributed by atoms with Crippen molar-refractivity contribution in [2.45, 2.75) is 12.8 Å². The minimum Gasteiger partial charge on any atom is -0.339 e. The van der Waals surface area contributed by atoms with E-state index in [1.807, 2.05) is 0 Å². The van der Waals surface area contributed by atoms with E-state index in [0.29, 0.717) is 31.6 Å². The van der Waals surface area contributed by atoms with Gasteiger partial charge in [-0.2, -0.15) is 0 Å². The standard InChI is InChI=1S/C18H16Cl2FN3O2/c19-14-10-15(20)16(21)9-13(14)18(26)24-7-3-11(4-8-24)17(25)23-12-1-5-22-6-2-12/h1-2,5-6,9-11H,3-4,7-8H2,(H,22,23,25). The second-order valence-electron chi connectivity index (χ2n) is 6.04. The van der Waals surface area contributed by atoms with Gasteiger partial charge in [0.1, 0.15) is 5.82 Å². The zero-order valence-electron chi connectivity index (χ0n) is 13.7. The molecule has 26 heavy (non-hydrogen) atoms. The molecule has 1 fully saturated rings. The molecule has 2 heterocycles. The Kier molecular flexibility index (Phi) is 5.74. The summed E-state index contributed by atoms with van der Waals surface area (Å²) in [6.45, 7) is 0.793. The summed E-state index contributed by atoms with van der Waals surface area (Å²) in [7, 11) is 0. The molecule has 136 valence electrons. The molecule has 3 rings (SSSR count). The predicted molar refractivity (Wildman–Crippen MR) is 97.9 cm³/mol. The Hall–Kier alpha value is -2.18. The largest absolute Gasteiger partial charge is 0.339 e. The summed E-state index contributed by atoms with van der Waals surface area (Å²) in [5.74, 6) is -1.33. The van der Waals surface area contributed by atoms with Gasteiger partial charge < -0.3 is 10.2 Å². The van der Waals surface area contributed by atoms with Crippen LogP contribution in [-0.4, -0.2) is 34.8 Å². The van der Waals surface area contributed by atoms with Crippen LogP contribution in [0.3, 0.4) is 0 Å². The number of nitrogens with one attached hydrogen (secondary N) is 1. The molecule has 0 radical (unpaired) electrons. The zero-order valence-corrected chi connectivity index (χ0v) is 15.2. The number of carbonyl (C=O) groups excluding carboxylic acids is 2. The topological polar surface area (TPSA) is 62.3 Å². The average Bonchev–Trinajstić information content (AvgIpc) is 2.65. The van der Waals surface area contributed by atoms with E-state index in [9.17, 15) is 14.0 Å². The molecule has 1 N–H and O–H groups in total. The van der Waals surface area contributed by atoms with Gasteiger partial charge in [0.2, 0.25) is 5.91 Å². The summed E-state index contributed by atoms with van der Waals surface area (Å²) < 4.78 is 13.6. The molecule has 0 saturated carbocycles. The highest BCUT2D eigenvalue weighted by atomic mass is 35.5. The second-order valence-corrected chi connectivity index (χ2v) is 6.85. The molecule has 2 amide bonds. The SMILES string of the molecule is O=C(Nc1ccncc1)C1CCN(C(=O)c2cc(F)c(Cl)cc2Cl)CC1. The van der Waals surface area contributed by atoms with Crippen molar-refractivity contribution in [3.8, 4) is 0 Å². The van der Waals surface area contributed by atoms with E-state index in [1.165, 1.54) is 6.07 Å². The van der Waals surface area contributed by atoms with Crippen LogP contribution >= 0.6 is 23.2 Å². The van der Waals surface area contributed by atoms with Crippen LogP contribution in [0.4, 0.5) is 10.1 Å². The van der Waals surface area contributed by atoms with Crippen molar-refractivity contribution in [1.82, 2.24) is 9.88 Å². The summed E-state index contributed by atoms with van der Waals surface area (Å²) >= 11 is 11.7. The summed E-state index contributed by atoms with van der Waals surface area (Å²) in [4.78, 5) is 30.4. The van der Waals surface area contributed by atoms with E-state index in [-0.39, 0.29) is 33.3 Å². The summed E-state index contributed by atoms with van der Waals surface area (Å²) in [5, 5.41) is 2.83. The Morgan fingerprint density at radius 1 is 1.12 bits per heavy atom. The molecule has 1 aromatic carbocycles. The van der Waals surface area contributed by atoms with Gasteiger partial charge in [-0.3, -0.25) is 14.6 Å². The van der Waals surface area contributed by atoms with Gasteiger partial charge in [-0.15, -0.1) is 0 Å². The molecule has 1 aliphatic heterocycles. The number of anilines is 1. The number of halogens is 3. The first-order chi connectivity index (χ1) is 12.5. The van der Waals surface area contributed by atoms with Gasteiger partial charge in [-0.1, -0.05) is 23.2 Å². The van der Waals surface area contributed by atoms with Crippen molar-refractivity contribution in [1.29, 1.82) is 0 Å². The van der Waals surface area contributed by atoms with Gasteiger partial charge in [0, 0.05) is 37.1 Å². The highest BCUT2D eigenvalue weighted by Crippen LogP contribution is 2.27. The van der Waals surface area contributed by atoms with Gasteiger partial charge in [0.05, 0.1) is 15.6 Å². The fourth-order valence-corrected chi connectivity index (χ4v) is 3.35. The highest BCUT2D eigenvalue weighted by molar-refractivity contribution is 6.36. The maximum atomic E-state index is 13.6. The number of hydrogen-bond donors (Lipinski definition) is 1. The Bertz CT molecular complexity index is 825. The van der Waals surface area contributed by atoms with Gasteiger partial charge in [-0.05, 0) is 37.1 Å². The number of piperidine rings is 1. The average molecular weight is 396 g/mol. The molecule has 0 bridgehead atoms. The van der Waals surface area contributed by atoms with Gasteiger partial charge in [0.15, 0.2) is 0 Å². The zero-order chi connectivity index (χ0) is 18.7. The first-order valence-electron chi connectivity index (χ1n) is 8.10. The van der Waals surface area contributed by atoms with E-state index in [0.717, 1.165) is 6.07 Å². The molecule has 0 unspecified atom stereocenters. The minimum absolute atomic E-state index is 0.0771. The molecule has 0 atom stereocenters. The van der Waals surface area contributed by atoms with Crippen molar-refractivity contribution in [2.24, 2.45) is 5.92 Å². The normalized spacial score (nSPS) is 15.0. The number of carbonyl (C=O) groups is 2. The molecule has 8 heteroatoms. The van der Waals surface area contributed by atoms with Crippen LogP contribution < -0.4 is 5.32 Å². The lowest BCUT2D eigenvalue weighted by molar-refractivity contribution is -0.121. The number of aromatic nitrogens is 1. The van der Waals surface area contributed by atoms with E-state index in [2.05, 4.69) is 10.3 Å². The maximum absolute atomic E-state index is 13.6. The lowest BCUT2D eigenvalue weighted by atomic mass is 9.95. The van der Waals surface area contributed by atoms with Crippen LogP contribution in [0, 0.1) is 11.7 Å². The molecule has 1 aromatic heterocycles. The third-order valence-corrected chi connectivity index (χ3v) is 4.94. The number of amides is 2. The quantitative estimate of drug-likeness (QED) is 0.798. The number of likely N-dealkylation sites (tertiary alicyclic amines) is 1. The van der Waals surface area contributed by atoms with Crippen LogP contribution in [0.15, 0.2) is 36.7 Å². The van der Waals surface area contributed by atoms with Crippen LogP contribution in [0.1, 0.15) is 23.2 Å². The number of benzene rings is 1. The number of nitrogens with zero attached hydrogens (tertiary/aromatic N) is 2. The molecule has 1 aliphatic rings. The van der Waals surface area contributed by atoms with Crippen molar-refractivity contribution in [2.75, 3.05) is 18.4 Å². The number of pyridine rings is 1. The van der Waals surface area contributed by atoms with E-state index in [1.54, 1.807) is 29.4 Å². The molecule has 2 aromatic rings. The summed E-state index contributed by atoms with van der Waals surface area (Å²) in [5.41, 5.74) is 0.764. The Morgan fingerprint density at radius 3 is 2.42 bits per heavy atom. The number of hydrogen-bond acceptors (Lipinski definition) is 3. The third-order valence-electron chi connectivity index (χ3n) is 4.34.